The van der Waals surface area contributed by atoms with Crippen molar-refractivity contribution in [3.63, 3.8) is 0 Å². The molecule has 2 rings (SSSR count). The summed E-state index contributed by atoms with van der Waals surface area (Å²) < 4.78 is 1.62. The maximum atomic E-state index is 11.8. The number of aryl methyl sites for hydroxylation is 1. The molecule has 3 N–H and O–H groups in total. The van der Waals surface area contributed by atoms with Crippen molar-refractivity contribution in [2.45, 2.75) is 6.54 Å². The van der Waals surface area contributed by atoms with Crippen LogP contribution in [0.3, 0.4) is 0 Å². The van der Waals surface area contributed by atoms with Crippen LogP contribution in [0.5, 0.6) is 0 Å². The van der Waals surface area contributed by atoms with Crippen molar-refractivity contribution in [2.75, 3.05) is 25.1 Å². The van der Waals surface area contributed by atoms with Gasteiger partial charge in [0, 0.05) is 45.1 Å². The third-order valence-corrected chi connectivity index (χ3v) is 2.93. The largest absolute Gasteiger partial charge is 0.384 e. The first-order valence-corrected chi connectivity index (χ1v) is 6.17. The number of anilines is 2. The van der Waals surface area contributed by atoms with E-state index in [4.69, 9.17) is 5.73 Å². The lowest BCUT2D eigenvalue weighted by Gasteiger charge is -2.11. The maximum Gasteiger partial charge on any atom is 0.272 e. The molecule has 2 aromatic rings. The van der Waals surface area contributed by atoms with Gasteiger partial charge in [-0.2, -0.15) is 5.10 Å². The zero-order valence-electron chi connectivity index (χ0n) is 11.8. The van der Waals surface area contributed by atoms with Crippen molar-refractivity contribution in [1.82, 2.24) is 19.7 Å². The van der Waals surface area contributed by atoms with Gasteiger partial charge in [-0.3, -0.25) is 14.5 Å². The molecule has 2 heterocycles. The number of rotatable bonds is 4. The number of nitrogens with two attached hydrogens (primary N) is 1. The fourth-order valence-electron chi connectivity index (χ4n) is 1.71. The normalized spacial score (nSPS) is 10.3. The minimum absolute atomic E-state index is 0.130. The van der Waals surface area contributed by atoms with Crippen LogP contribution < -0.4 is 11.1 Å². The van der Waals surface area contributed by atoms with Crippen LogP contribution in [-0.2, 0) is 13.6 Å². The summed E-state index contributed by atoms with van der Waals surface area (Å²) in [6, 6.07) is 3.52. The topological polar surface area (TPSA) is 89.1 Å². The Morgan fingerprint density at radius 3 is 2.85 bits per heavy atom. The highest BCUT2D eigenvalue weighted by molar-refractivity contribution is 5.92. The van der Waals surface area contributed by atoms with E-state index < -0.39 is 0 Å². The van der Waals surface area contributed by atoms with Gasteiger partial charge in [-0.1, -0.05) is 0 Å². The molecular weight excluding hydrogens is 256 g/mol. The number of amides is 1. The van der Waals surface area contributed by atoms with E-state index in [9.17, 15) is 4.79 Å². The second-order valence-corrected chi connectivity index (χ2v) is 4.66. The lowest BCUT2D eigenvalue weighted by Crippen LogP contribution is -2.22. The third-order valence-electron chi connectivity index (χ3n) is 2.93. The minimum Gasteiger partial charge on any atom is -0.384 e. The van der Waals surface area contributed by atoms with E-state index >= 15 is 0 Å². The van der Waals surface area contributed by atoms with Crippen LogP contribution >= 0.6 is 0 Å². The number of carbonyl (C=O) groups excluding carboxylic acids is 1. The number of aromatic nitrogens is 3. The van der Waals surface area contributed by atoms with E-state index in [0.29, 0.717) is 18.1 Å². The number of hydrogen-bond donors (Lipinski definition) is 2. The standard InChI is InChI=1S/C13H18N6O/c1-18(2)13(20)11-6-10(4-5-15-11)16-7-9-8-17-19(3)12(9)14/h4-6,8H,7,14H2,1-3H3,(H,15,16). The monoisotopic (exact) mass is 274 g/mol. The zero-order chi connectivity index (χ0) is 14.7. The molecule has 0 saturated carbocycles. The Hall–Kier alpha value is -2.57. The molecule has 0 atom stereocenters. The number of nitrogens with zero attached hydrogens (tertiary/aromatic N) is 4. The van der Waals surface area contributed by atoms with Gasteiger partial charge in [0.25, 0.3) is 5.91 Å². The third kappa shape index (κ3) is 2.87. The van der Waals surface area contributed by atoms with Gasteiger partial charge in [0.1, 0.15) is 11.5 Å². The number of nitrogens with one attached hydrogen (secondary N) is 1. The Kier molecular flexibility index (Phi) is 3.88. The Morgan fingerprint density at radius 2 is 2.25 bits per heavy atom. The second kappa shape index (κ2) is 5.60. The van der Waals surface area contributed by atoms with Gasteiger partial charge in [-0.05, 0) is 12.1 Å². The summed E-state index contributed by atoms with van der Waals surface area (Å²) in [4.78, 5) is 17.4. The van der Waals surface area contributed by atoms with Crippen LogP contribution in [0.25, 0.3) is 0 Å². The average molecular weight is 274 g/mol. The van der Waals surface area contributed by atoms with Gasteiger partial charge >= 0.3 is 0 Å². The van der Waals surface area contributed by atoms with Gasteiger partial charge in [-0.15, -0.1) is 0 Å². The number of pyridine rings is 1. The van der Waals surface area contributed by atoms with Gasteiger partial charge in [0.05, 0.1) is 6.20 Å². The highest BCUT2D eigenvalue weighted by atomic mass is 16.2. The molecule has 0 unspecified atom stereocenters. The van der Waals surface area contributed by atoms with E-state index in [2.05, 4.69) is 15.4 Å². The Labute approximate surface area is 117 Å². The highest BCUT2D eigenvalue weighted by Crippen LogP contribution is 2.14. The Morgan fingerprint density at radius 1 is 1.50 bits per heavy atom. The van der Waals surface area contributed by atoms with Crippen molar-refractivity contribution < 1.29 is 4.79 Å². The first kappa shape index (κ1) is 13.9. The molecule has 20 heavy (non-hydrogen) atoms. The van der Waals surface area contributed by atoms with Crippen molar-refractivity contribution in [3.05, 3.63) is 35.8 Å². The summed E-state index contributed by atoms with van der Waals surface area (Å²) in [5.74, 6) is 0.491. The first-order chi connectivity index (χ1) is 9.49. The molecule has 0 spiro atoms. The van der Waals surface area contributed by atoms with Crippen LogP contribution in [0.1, 0.15) is 16.1 Å². The summed E-state index contributed by atoms with van der Waals surface area (Å²) in [6.07, 6.45) is 3.32. The lowest BCUT2D eigenvalue weighted by molar-refractivity contribution is 0.0822. The van der Waals surface area contributed by atoms with E-state index in [-0.39, 0.29) is 5.91 Å². The molecule has 0 fully saturated rings. The van der Waals surface area contributed by atoms with Crippen molar-refractivity contribution >= 4 is 17.4 Å². The Balaban J connectivity index is 2.09. The molecular formula is C13H18N6O. The molecule has 0 radical (unpaired) electrons. The van der Waals surface area contributed by atoms with E-state index in [1.165, 1.54) is 4.90 Å². The molecule has 0 aromatic carbocycles. The molecule has 0 aliphatic heterocycles. The molecule has 7 nitrogen and oxygen atoms in total. The summed E-state index contributed by atoms with van der Waals surface area (Å²) in [7, 11) is 5.18. The van der Waals surface area contributed by atoms with E-state index in [1.807, 2.05) is 0 Å². The lowest BCUT2D eigenvalue weighted by atomic mass is 10.2. The summed E-state index contributed by atoms with van der Waals surface area (Å²) in [5.41, 5.74) is 7.99. The van der Waals surface area contributed by atoms with E-state index in [1.54, 1.807) is 50.4 Å². The predicted molar refractivity (Wildman–Crippen MR) is 77.2 cm³/mol. The average Bonchev–Trinajstić information content (AvgIpc) is 2.76. The fraction of sp³-hybridized carbons (Fsp3) is 0.308. The van der Waals surface area contributed by atoms with Crippen LogP contribution in [0.15, 0.2) is 24.5 Å². The highest BCUT2D eigenvalue weighted by Gasteiger charge is 2.10. The van der Waals surface area contributed by atoms with E-state index in [0.717, 1.165) is 11.3 Å². The summed E-state index contributed by atoms with van der Waals surface area (Å²) in [5, 5.41) is 7.28. The summed E-state index contributed by atoms with van der Waals surface area (Å²) in [6.45, 7) is 0.541. The number of hydrogen-bond acceptors (Lipinski definition) is 5. The van der Waals surface area contributed by atoms with Gasteiger partial charge < -0.3 is 16.0 Å². The molecule has 106 valence electrons. The molecule has 1 amide bonds. The number of carbonyl (C=O) groups is 1. The van der Waals surface area contributed by atoms with Crippen LogP contribution in [0.4, 0.5) is 11.5 Å². The predicted octanol–water partition coefficient (Wildman–Crippen LogP) is 0.711. The minimum atomic E-state index is -0.130. The molecule has 7 heteroatoms. The van der Waals surface area contributed by atoms with Crippen LogP contribution in [0.2, 0.25) is 0 Å². The molecule has 0 aliphatic rings. The second-order valence-electron chi connectivity index (χ2n) is 4.66. The van der Waals surface area contributed by atoms with Gasteiger partial charge in [0.15, 0.2) is 0 Å². The summed E-state index contributed by atoms with van der Waals surface area (Å²) >= 11 is 0. The van der Waals surface area contributed by atoms with Gasteiger partial charge in [0.2, 0.25) is 0 Å². The molecule has 0 aliphatic carbocycles. The smallest absolute Gasteiger partial charge is 0.272 e. The number of nitrogen functional groups attached to an aromatic ring is 1. The molecule has 2 aromatic heterocycles. The fourth-order valence-corrected chi connectivity index (χ4v) is 1.71. The van der Waals surface area contributed by atoms with Crippen molar-refractivity contribution in [1.29, 1.82) is 0 Å². The zero-order valence-corrected chi connectivity index (χ0v) is 11.8. The van der Waals surface area contributed by atoms with Crippen LogP contribution in [0, 0.1) is 0 Å². The van der Waals surface area contributed by atoms with Crippen molar-refractivity contribution in [2.24, 2.45) is 7.05 Å². The van der Waals surface area contributed by atoms with Crippen LogP contribution in [-0.4, -0.2) is 39.7 Å². The maximum absolute atomic E-state index is 11.8. The first-order valence-electron chi connectivity index (χ1n) is 6.17. The van der Waals surface area contributed by atoms with Gasteiger partial charge in [-0.25, -0.2) is 0 Å². The SMILES string of the molecule is CN(C)C(=O)c1cc(NCc2cnn(C)c2N)ccn1. The quantitative estimate of drug-likeness (QED) is 0.857. The molecule has 0 bridgehead atoms. The van der Waals surface area contributed by atoms with Crippen molar-refractivity contribution in [3.8, 4) is 0 Å². The Bertz CT molecular complexity index is 619. The molecule has 0 saturated heterocycles.